The Morgan fingerprint density at radius 1 is 1.03 bits per heavy atom. The van der Waals surface area contributed by atoms with Gasteiger partial charge < -0.3 is 64.5 Å². The van der Waals surface area contributed by atoms with E-state index in [2.05, 4.69) is 0 Å². The van der Waals surface area contributed by atoms with Gasteiger partial charge in [0.1, 0.15) is 43.2 Å². The fourth-order valence-corrected chi connectivity index (χ4v) is 3.90. The molecule has 1 aromatic carbocycles. The monoisotopic (exact) mass is 518 g/mol. The molecule has 0 amide bonds. The number of esters is 1. The van der Waals surface area contributed by atoms with Gasteiger partial charge in [-0.25, -0.2) is 4.79 Å². The second kappa shape index (κ2) is 11.8. The van der Waals surface area contributed by atoms with E-state index in [1.54, 1.807) is 0 Å². The molecule has 14 heteroatoms. The topological polar surface area (TPSA) is 225 Å². The van der Waals surface area contributed by atoms with E-state index in [0.717, 1.165) is 6.08 Å². The molecule has 0 aromatic heterocycles. The highest BCUT2D eigenvalue weighted by Gasteiger charge is 2.60. The van der Waals surface area contributed by atoms with E-state index in [4.69, 9.17) is 23.7 Å². The summed E-state index contributed by atoms with van der Waals surface area (Å²) in [5.74, 6) is -3.35. The minimum absolute atomic E-state index is 0.114. The van der Waals surface area contributed by atoms with E-state index >= 15 is 0 Å². The molecule has 0 unspecified atom stereocenters. The van der Waals surface area contributed by atoms with Gasteiger partial charge in [-0.05, 0) is 23.8 Å². The number of hydrogen-bond acceptors (Lipinski definition) is 14. The van der Waals surface area contributed by atoms with Crippen molar-refractivity contribution >= 4 is 12.0 Å². The molecule has 8 N–H and O–H groups in total. The number of aliphatic hydroxyl groups is 7. The Morgan fingerprint density at radius 2 is 1.72 bits per heavy atom. The number of rotatable bonds is 9. The van der Waals surface area contributed by atoms with Crippen molar-refractivity contribution in [3.05, 3.63) is 29.8 Å². The zero-order valence-electron chi connectivity index (χ0n) is 19.2. The summed E-state index contributed by atoms with van der Waals surface area (Å²) in [4.78, 5) is 12.5. The molecule has 0 spiro atoms. The van der Waals surface area contributed by atoms with Gasteiger partial charge in [0.05, 0.1) is 20.3 Å². The van der Waals surface area contributed by atoms with E-state index in [-0.39, 0.29) is 11.5 Å². The van der Waals surface area contributed by atoms with Crippen LogP contribution in [-0.2, 0) is 23.7 Å². The Hall–Kier alpha value is -2.37. The first-order valence-electron chi connectivity index (χ1n) is 10.9. The highest BCUT2D eigenvalue weighted by molar-refractivity contribution is 5.87. The molecule has 14 nitrogen and oxygen atoms in total. The van der Waals surface area contributed by atoms with Crippen molar-refractivity contribution in [2.75, 3.05) is 26.9 Å². The highest BCUT2D eigenvalue weighted by atomic mass is 16.8. The van der Waals surface area contributed by atoms with Crippen LogP contribution in [0.2, 0.25) is 0 Å². The van der Waals surface area contributed by atoms with Crippen LogP contribution < -0.4 is 4.74 Å². The zero-order chi connectivity index (χ0) is 26.6. The normalized spacial score (nSPS) is 36.8. The van der Waals surface area contributed by atoms with Crippen molar-refractivity contribution in [1.29, 1.82) is 0 Å². The molecule has 0 saturated carbocycles. The Morgan fingerprint density at radius 3 is 2.33 bits per heavy atom. The maximum atomic E-state index is 12.5. The van der Waals surface area contributed by atoms with Crippen LogP contribution >= 0.6 is 0 Å². The smallest absolute Gasteiger partial charge is 0.331 e. The van der Waals surface area contributed by atoms with E-state index < -0.39 is 80.6 Å². The third-order valence-electron chi connectivity index (χ3n) is 5.90. The molecular formula is C22H30O14. The minimum atomic E-state index is -2.37. The number of methoxy groups -OCH3 is 1. The molecule has 1 aromatic rings. The lowest BCUT2D eigenvalue weighted by molar-refractivity contribution is -0.383. The average Bonchev–Trinajstić information content (AvgIpc) is 3.14. The van der Waals surface area contributed by atoms with Gasteiger partial charge in [-0.2, -0.15) is 0 Å². The highest BCUT2D eigenvalue weighted by Crippen LogP contribution is 2.38. The van der Waals surface area contributed by atoms with Crippen molar-refractivity contribution in [2.45, 2.75) is 54.8 Å². The molecule has 3 rings (SSSR count). The summed E-state index contributed by atoms with van der Waals surface area (Å²) in [5.41, 5.74) is 0.448. The maximum Gasteiger partial charge on any atom is 0.331 e. The summed E-state index contributed by atoms with van der Waals surface area (Å²) in [6.45, 7) is -2.59. The zero-order valence-corrected chi connectivity index (χ0v) is 19.2. The number of carbonyl (C=O) groups is 1. The number of benzene rings is 1. The van der Waals surface area contributed by atoms with Gasteiger partial charge in [-0.3, -0.25) is 0 Å². The quantitative estimate of drug-likeness (QED) is 0.118. The van der Waals surface area contributed by atoms with Crippen LogP contribution in [0.25, 0.3) is 6.08 Å². The van der Waals surface area contributed by atoms with Crippen molar-refractivity contribution < 1.29 is 69.3 Å². The molecular weight excluding hydrogens is 488 g/mol. The van der Waals surface area contributed by atoms with Gasteiger partial charge in [0.25, 0.3) is 0 Å². The second-order valence-electron chi connectivity index (χ2n) is 8.24. The van der Waals surface area contributed by atoms with Gasteiger partial charge in [-0.15, -0.1) is 0 Å². The summed E-state index contributed by atoms with van der Waals surface area (Å²) in [5, 5.41) is 79.5. The molecule has 2 aliphatic rings. The lowest BCUT2D eigenvalue weighted by atomic mass is 9.99. The van der Waals surface area contributed by atoms with Crippen LogP contribution in [0.1, 0.15) is 5.56 Å². The molecule has 202 valence electrons. The number of ether oxygens (including phenoxy) is 5. The maximum absolute atomic E-state index is 12.5. The number of hydrogen-bond donors (Lipinski definition) is 8. The largest absolute Gasteiger partial charge is 0.504 e. The molecule has 0 bridgehead atoms. The third kappa shape index (κ3) is 5.63. The molecule has 2 heterocycles. The van der Waals surface area contributed by atoms with E-state index in [1.807, 2.05) is 0 Å². The Labute approximate surface area is 205 Å². The molecule has 0 radical (unpaired) electrons. The molecule has 9 atom stereocenters. The number of aromatic hydroxyl groups is 1. The predicted octanol–water partition coefficient (Wildman–Crippen LogP) is -3.42. The van der Waals surface area contributed by atoms with Crippen LogP contribution in [-0.4, -0.2) is 129 Å². The van der Waals surface area contributed by atoms with Crippen molar-refractivity contribution in [1.82, 2.24) is 0 Å². The van der Waals surface area contributed by atoms with Gasteiger partial charge in [0.15, 0.2) is 23.9 Å². The molecule has 36 heavy (non-hydrogen) atoms. The number of phenols is 1. The van der Waals surface area contributed by atoms with Crippen molar-refractivity contribution in [2.24, 2.45) is 0 Å². The fourth-order valence-electron chi connectivity index (χ4n) is 3.90. The second-order valence-corrected chi connectivity index (χ2v) is 8.24. The first kappa shape index (κ1) is 28.2. The summed E-state index contributed by atoms with van der Waals surface area (Å²) in [6.07, 6.45) is -11.1. The van der Waals surface area contributed by atoms with Crippen LogP contribution in [0.4, 0.5) is 0 Å². The molecule has 0 aliphatic carbocycles. The first-order valence-corrected chi connectivity index (χ1v) is 10.9. The summed E-state index contributed by atoms with van der Waals surface area (Å²) >= 11 is 0. The minimum Gasteiger partial charge on any atom is -0.504 e. The molecule has 2 aliphatic heterocycles. The van der Waals surface area contributed by atoms with Crippen LogP contribution in [0.3, 0.4) is 0 Å². The number of carbonyl (C=O) groups excluding carboxylic acids is 1. The van der Waals surface area contributed by atoms with Gasteiger partial charge >= 0.3 is 5.97 Å². The summed E-state index contributed by atoms with van der Waals surface area (Å²) in [7, 11) is 1.35. The third-order valence-corrected chi connectivity index (χ3v) is 5.90. The van der Waals surface area contributed by atoms with Crippen molar-refractivity contribution in [3.8, 4) is 11.5 Å². The van der Waals surface area contributed by atoms with Crippen LogP contribution in [0.5, 0.6) is 11.5 Å². The number of aliphatic hydroxyl groups excluding tert-OH is 7. The Kier molecular flexibility index (Phi) is 9.23. The lowest BCUT2D eigenvalue weighted by Gasteiger charge is -2.43. The Balaban J connectivity index is 1.81. The summed E-state index contributed by atoms with van der Waals surface area (Å²) in [6, 6.07) is 4.27. The van der Waals surface area contributed by atoms with E-state index in [1.165, 1.54) is 31.4 Å². The predicted molar refractivity (Wildman–Crippen MR) is 116 cm³/mol. The van der Waals surface area contributed by atoms with Crippen LogP contribution in [0, 0.1) is 0 Å². The van der Waals surface area contributed by atoms with Crippen molar-refractivity contribution in [3.63, 3.8) is 0 Å². The average molecular weight is 518 g/mol. The SMILES string of the molecule is COc1cc(/C=C\C(=O)O[C@H]2[C@H](O)[C@@H](CO)O[C@@]2(CO)O[C@H]2O[C@H](CO)[C@@H](O)[C@H](O)[C@H]2O)ccc1O. The molecule has 2 saturated heterocycles. The van der Waals surface area contributed by atoms with Crippen LogP contribution in [0.15, 0.2) is 24.3 Å². The van der Waals surface area contributed by atoms with E-state index in [0.29, 0.717) is 5.56 Å². The fraction of sp³-hybridized carbons (Fsp3) is 0.591. The number of phenolic OH excluding ortho intramolecular Hbond substituents is 1. The molecule has 2 fully saturated rings. The summed E-state index contributed by atoms with van der Waals surface area (Å²) < 4.78 is 26.5. The Bertz CT molecular complexity index is 922. The lowest BCUT2D eigenvalue weighted by Crippen LogP contribution is -2.63. The van der Waals surface area contributed by atoms with Gasteiger partial charge in [-0.1, -0.05) is 6.07 Å². The van der Waals surface area contributed by atoms with Gasteiger partial charge in [0.2, 0.25) is 5.79 Å². The van der Waals surface area contributed by atoms with Gasteiger partial charge in [0, 0.05) is 6.08 Å². The van der Waals surface area contributed by atoms with E-state index in [9.17, 15) is 45.6 Å². The standard InChI is InChI=1S/C22H30O14/c1-32-12-6-10(2-4-11(12)26)3-5-15(27)34-20-17(29)14(8-24)35-22(20,9-25)36-21-19(31)18(30)16(28)13(7-23)33-21/h2-6,13-14,16-21,23-26,28-31H,7-9H2,1H3/b5-3-/t13-,14-,16-,17-,18+,19-,20+,21-,22+/m1/s1. The first-order chi connectivity index (χ1) is 17.1.